The molecule has 1 unspecified atom stereocenters. The van der Waals surface area contributed by atoms with Crippen LogP contribution < -0.4 is 15.5 Å². The first-order valence-electron chi connectivity index (χ1n) is 7.60. The highest BCUT2D eigenvalue weighted by atomic mass is 35.5. The SMILES string of the molecule is Cc1ccc(NC(=O)NC2CCN(c3ccccc3Cl)C2=O)cn1. The summed E-state index contributed by atoms with van der Waals surface area (Å²) in [5, 5.41) is 5.89. The van der Waals surface area contributed by atoms with Crippen molar-refractivity contribution in [1.82, 2.24) is 10.3 Å². The third-order valence-corrected chi connectivity index (χ3v) is 4.14. The number of nitrogens with zero attached hydrogens (tertiary/aromatic N) is 2. The number of aromatic nitrogens is 1. The van der Waals surface area contributed by atoms with Gasteiger partial charge < -0.3 is 15.5 Å². The smallest absolute Gasteiger partial charge is 0.319 e. The monoisotopic (exact) mass is 344 g/mol. The molecule has 2 heterocycles. The highest BCUT2D eigenvalue weighted by Crippen LogP contribution is 2.28. The number of nitrogens with one attached hydrogen (secondary N) is 2. The maximum atomic E-state index is 12.5. The number of para-hydroxylation sites is 1. The zero-order valence-corrected chi connectivity index (χ0v) is 13.9. The van der Waals surface area contributed by atoms with Crippen LogP contribution in [0.5, 0.6) is 0 Å². The van der Waals surface area contributed by atoms with Gasteiger partial charge in [0.05, 0.1) is 22.6 Å². The molecule has 1 aliphatic heterocycles. The lowest BCUT2D eigenvalue weighted by Gasteiger charge is -2.18. The van der Waals surface area contributed by atoms with Crippen LogP contribution in [0.3, 0.4) is 0 Å². The Hall–Kier alpha value is -2.60. The zero-order valence-electron chi connectivity index (χ0n) is 13.1. The van der Waals surface area contributed by atoms with E-state index in [1.54, 1.807) is 35.4 Å². The van der Waals surface area contributed by atoms with Crippen LogP contribution in [0.2, 0.25) is 5.02 Å². The number of hydrogen-bond acceptors (Lipinski definition) is 3. The van der Waals surface area contributed by atoms with Crippen LogP contribution in [0.4, 0.5) is 16.2 Å². The minimum Gasteiger partial charge on any atom is -0.326 e. The van der Waals surface area contributed by atoms with Gasteiger partial charge in [0.25, 0.3) is 0 Å². The number of halogens is 1. The fourth-order valence-electron chi connectivity index (χ4n) is 2.59. The molecule has 0 aliphatic carbocycles. The number of hydrogen-bond donors (Lipinski definition) is 2. The predicted molar refractivity (Wildman–Crippen MR) is 93.3 cm³/mol. The first kappa shape index (κ1) is 16.3. The maximum absolute atomic E-state index is 12.5. The summed E-state index contributed by atoms with van der Waals surface area (Å²) in [5.41, 5.74) is 2.10. The summed E-state index contributed by atoms with van der Waals surface area (Å²) in [5.74, 6) is -0.166. The van der Waals surface area contributed by atoms with Gasteiger partial charge in [0, 0.05) is 12.2 Å². The van der Waals surface area contributed by atoms with Gasteiger partial charge in [-0.15, -0.1) is 0 Å². The molecule has 2 aromatic rings. The molecule has 24 heavy (non-hydrogen) atoms. The Labute approximate surface area is 144 Å². The molecule has 7 heteroatoms. The van der Waals surface area contributed by atoms with E-state index < -0.39 is 12.1 Å². The van der Waals surface area contributed by atoms with Crippen molar-refractivity contribution in [3.05, 3.63) is 53.3 Å². The van der Waals surface area contributed by atoms with Crippen molar-refractivity contribution in [1.29, 1.82) is 0 Å². The van der Waals surface area contributed by atoms with Gasteiger partial charge in [-0.25, -0.2) is 4.79 Å². The third-order valence-electron chi connectivity index (χ3n) is 3.82. The molecular weight excluding hydrogens is 328 g/mol. The van der Waals surface area contributed by atoms with Crippen LogP contribution in [-0.2, 0) is 4.79 Å². The molecule has 0 spiro atoms. The van der Waals surface area contributed by atoms with Crippen molar-refractivity contribution < 1.29 is 9.59 Å². The molecule has 1 atom stereocenters. The van der Waals surface area contributed by atoms with E-state index in [1.165, 1.54) is 0 Å². The minimum absolute atomic E-state index is 0.166. The van der Waals surface area contributed by atoms with E-state index in [4.69, 9.17) is 11.6 Å². The van der Waals surface area contributed by atoms with Gasteiger partial charge in [-0.05, 0) is 37.6 Å². The summed E-state index contributed by atoms with van der Waals surface area (Å²) in [6.07, 6.45) is 2.10. The van der Waals surface area contributed by atoms with Crippen molar-refractivity contribution in [3.63, 3.8) is 0 Å². The van der Waals surface area contributed by atoms with Gasteiger partial charge in [0.2, 0.25) is 5.91 Å². The molecule has 1 aliphatic rings. The van der Waals surface area contributed by atoms with E-state index in [2.05, 4.69) is 15.6 Å². The number of carbonyl (C=O) groups excluding carboxylic acids is 2. The molecule has 124 valence electrons. The Morgan fingerprint density at radius 1 is 1.29 bits per heavy atom. The number of anilines is 2. The second kappa shape index (κ2) is 6.88. The summed E-state index contributed by atoms with van der Waals surface area (Å²) in [6, 6.07) is 9.73. The first-order valence-corrected chi connectivity index (χ1v) is 7.98. The van der Waals surface area contributed by atoms with Crippen LogP contribution in [0.25, 0.3) is 0 Å². The first-order chi connectivity index (χ1) is 11.5. The molecule has 3 rings (SSSR count). The van der Waals surface area contributed by atoms with Gasteiger partial charge >= 0.3 is 6.03 Å². The van der Waals surface area contributed by atoms with Gasteiger partial charge in [-0.3, -0.25) is 9.78 Å². The number of pyridine rings is 1. The fourth-order valence-corrected chi connectivity index (χ4v) is 2.83. The van der Waals surface area contributed by atoms with Crippen LogP contribution in [0.1, 0.15) is 12.1 Å². The Morgan fingerprint density at radius 2 is 2.08 bits per heavy atom. The average Bonchev–Trinajstić information content (AvgIpc) is 2.91. The number of carbonyl (C=O) groups is 2. The lowest BCUT2D eigenvalue weighted by Crippen LogP contribution is -2.43. The maximum Gasteiger partial charge on any atom is 0.319 e. The van der Waals surface area contributed by atoms with Crippen molar-refractivity contribution in [2.75, 3.05) is 16.8 Å². The molecular formula is C17H17ClN4O2. The third kappa shape index (κ3) is 3.49. The number of aryl methyl sites for hydroxylation is 1. The molecule has 2 N–H and O–H groups in total. The summed E-state index contributed by atoms with van der Waals surface area (Å²) in [4.78, 5) is 30.3. The Bertz CT molecular complexity index is 763. The lowest BCUT2D eigenvalue weighted by atomic mass is 10.2. The van der Waals surface area contributed by atoms with E-state index in [9.17, 15) is 9.59 Å². The fraction of sp³-hybridized carbons (Fsp3) is 0.235. The van der Waals surface area contributed by atoms with Gasteiger partial charge in [0.15, 0.2) is 0 Å². The number of benzene rings is 1. The van der Waals surface area contributed by atoms with Crippen molar-refractivity contribution >= 4 is 34.9 Å². The Balaban J connectivity index is 1.62. The molecule has 0 radical (unpaired) electrons. The van der Waals surface area contributed by atoms with Crippen LogP contribution in [-0.4, -0.2) is 29.5 Å². The largest absolute Gasteiger partial charge is 0.326 e. The van der Waals surface area contributed by atoms with E-state index in [0.717, 1.165) is 5.69 Å². The molecule has 1 fully saturated rings. The molecule has 0 bridgehead atoms. The van der Waals surface area contributed by atoms with Gasteiger partial charge in [-0.1, -0.05) is 23.7 Å². The predicted octanol–water partition coefficient (Wildman–Crippen LogP) is 2.97. The van der Waals surface area contributed by atoms with Crippen molar-refractivity contribution in [2.45, 2.75) is 19.4 Å². The normalized spacial score (nSPS) is 17.0. The van der Waals surface area contributed by atoms with Crippen LogP contribution >= 0.6 is 11.6 Å². The molecule has 3 amide bonds. The van der Waals surface area contributed by atoms with E-state index in [0.29, 0.717) is 29.4 Å². The summed E-state index contributed by atoms with van der Waals surface area (Å²) in [7, 11) is 0. The van der Waals surface area contributed by atoms with Gasteiger partial charge in [0.1, 0.15) is 6.04 Å². The number of amides is 3. The average molecular weight is 345 g/mol. The minimum atomic E-state index is -0.570. The quantitative estimate of drug-likeness (QED) is 0.899. The highest BCUT2D eigenvalue weighted by molar-refractivity contribution is 6.34. The molecule has 1 aromatic carbocycles. The second-order valence-electron chi connectivity index (χ2n) is 5.57. The van der Waals surface area contributed by atoms with E-state index in [1.807, 2.05) is 19.1 Å². The summed E-state index contributed by atoms with van der Waals surface area (Å²) >= 11 is 6.14. The number of urea groups is 1. The topological polar surface area (TPSA) is 74.3 Å². The standard InChI is InChI=1S/C17H17ClN4O2/c1-11-6-7-12(10-19-11)20-17(24)21-14-8-9-22(16(14)23)15-5-3-2-4-13(15)18/h2-7,10,14H,8-9H2,1H3,(H2,20,21,24). The zero-order chi connectivity index (χ0) is 17.1. The van der Waals surface area contributed by atoms with E-state index >= 15 is 0 Å². The summed E-state index contributed by atoms with van der Waals surface area (Å²) < 4.78 is 0. The van der Waals surface area contributed by atoms with E-state index in [-0.39, 0.29) is 5.91 Å². The second-order valence-corrected chi connectivity index (χ2v) is 5.98. The molecule has 1 aromatic heterocycles. The highest BCUT2D eigenvalue weighted by Gasteiger charge is 2.34. The van der Waals surface area contributed by atoms with Crippen LogP contribution in [0, 0.1) is 6.92 Å². The molecule has 6 nitrogen and oxygen atoms in total. The lowest BCUT2D eigenvalue weighted by molar-refractivity contribution is -0.118. The van der Waals surface area contributed by atoms with Crippen molar-refractivity contribution in [2.24, 2.45) is 0 Å². The Kier molecular flexibility index (Phi) is 4.66. The summed E-state index contributed by atoms with van der Waals surface area (Å²) in [6.45, 7) is 2.38. The van der Waals surface area contributed by atoms with Gasteiger partial charge in [-0.2, -0.15) is 0 Å². The number of rotatable bonds is 3. The van der Waals surface area contributed by atoms with Crippen molar-refractivity contribution in [3.8, 4) is 0 Å². The molecule has 0 saturated carbocycles. The van der Waals surface area contributed by atoms with Crippen LogP contribution in [0.15, 0.2) is 42.6 Å². The Morgan fingerprint density at radius 3 is 2.79 bits per heavy atom. The molecule has 1 saturated heterocycles.